The molecule has 0 radical (unpaired) electrons. The minimum Gasteiger partial charge on any atom is -0.298 e. The van der Waals surface area contributed by atoms with Crippen LogP contribution in [0.15, 0.2) is 0 Å². The van der Waals surface area contributed by atoms with Crippen LogP contribution in [0.25, 0.3) is 0 Å². The molecule has 0 aromatic rings. The number of hydrogen-bond acceptors (Lipinski definition) is 2. The van der Waals surface area contributed by atoms with E-state index in [4.69, 9.17) is 0 Å². The van der Waals surface area contributed by atoms with E-state index < -0.39 is 5.92 Å². The molecule has 1 saturated carbocycles. The highest BCUT2D eigenvalue weighted by molar-refractivity contribution is 5.82. The molecule has 1 aliphatic heterocycles. The van der Waals surface area contributed by atoms with Crippen molar-refractivity contribution < 1.29 is 13.6 Å². The van der Waals surface area contributed by atoms with Crippen LogP contribution in [-0.2, 0) is 4.79 Å². The molecule has 2 nitrogen and oxygen atoms in total. The van der Waals surface area contributed by atoms with E-state index in [1.165, 1.54) is 0 Å². The number of likely N-dealkylation sites (tertiary alicyclic amines) is 1. The highest BCUT2D eigenvalue weighted by atomic mass is 19.3. The third kappa shape index (κ3) is 2.11. The maximum Gasteiger partial charge on any atom is 0.248 e. The van der Waals surface area contributed by atoms with Gasteiger partial charge >= 0.3 is 0 Å². The molecule has 0 amide bonds. The first-order chi connectivity index (χ1) is 6.57. The van der Waals surface area contributed by atoms with Gasteiger partial charge in [-0.25, -0.2) is 8.78 Å². The summed E-state index contributed by atoms with van der Waals surface area (Å²) in [6.07, 6.45) is 1.66. The third-order valence-electron chi connectivity index (χ3n) is 3.26. The fourth-order valence-corrected chi connectivity index (χ4v) is 2.35. The standard InChI is InChI=1S/C10H15F2NO/c11-10(12)4-1-8(2-5-10)13-6-3-9(14)7-13/h8H,1-7H2. The zero-order valence-electron chi connectivity index (χ0n) is 8.14. The molecule has 0 aromatic carbocycles. The first-order valence-corrected chi connectivity index (χ1v) is 5.20. The number of hydrogen-bond donors (Lipinski definition) is 0. The number of halogens is 2. The van der Waals surface area contributed by atoms with Crippen LogP contribution < -0.4 is 0 Å². The molecule has 0 unspecified atom stereocenters. The van der Waals surface area contributed by atoms with Crippen molar-refractivity contribution in [2.75, 3.05) is 13.1 Å². The monoisotopic (exact) mass is 203 g/mol. The van der Waals surface area contributed by atoms with Crippen molar-refractivity contribution in [3.8, 4) is 0 Å². The third-order valence-corrected chi connectivity index (χ3v) is 3.26. The lowest BCUT2D eigenvalue weighted by Crippen LogP contribution is -2.39. The number of rotatable bonds is 1. The smallest absolute Gasteiger partial charge is 0.248 e. The van der Waals surface area contributed by atoms with Gasteiger partial charge in [-0.2, -0.15) is 0 Å². The Morgan fingerprint density at radius 2 is 1.93 bits per heavy atom. The molecule has 0 N–H and O–H groups in total. The van der Waals surface area contributed by atoms with Gasteiger partial charge in [0, 0.05) is 31.8 Å². The van der Waals surface area contributed by atoms with E-state index in [0.29, 0.717) is 25.8 Å². The number of ketones is 1. The summed E-state index contributed by atoms with van der Waals surface area (Å²) in [5.41, 5.74) is 0. The molecule has 0 spiro atoms. The van der Waals surface area contributed by atoms with Crippen molar-refractivity contribution in [2.24, 2.45) is 0 Å². The summed E-state index contributed by atoms with van der Waals surface area (Å²) in [5, 5.41) is 0. The fraction of sp³-hybridized carbons (Fsp3) is 0.900. The van der Waals surface area contributed by atoms with Crippen LogP contribution in [0.5, 0.6) is 0 Å². The predicted octanol–water partition coefficient (Wildman–Crippen LogP) is 1.84. The molecule has 2 aliphatic rings. The van der Waals surface area contributed by atoms with Crippen molar-refractivity contribution in [1.82, 2.24) is 4.90 Å². The Morgan fingerprint density at radius 1 is 1.29 bits per heavy atom. The maximum absolute atomic E-state index is 12.9. The number of Topliss-reactive ketones (excluding diaryl/α,β-unsaturated/α-hetero) is 1. The van der Waals surface area contributed by atoms with E-state index in [0.717, 1.165) is 6.54 Å². The minimum atomic E-state index is -2.46. The second-order valence-electron chi connectivity index (χ2n) is 4.35. The molecule has 14 heavy (non-hydrogen) atoms. The quantitative estimate of drug-likeness (QED) is 0.648. The Morgan fingerprint density at radius 3 is 2.43 bits per heavy atom. The summed E-state index contributed by atoms with van der Waals surface area (Å²) >= 11 is 0. The lowest BCUT2D eigenvalue weighted by atomic mass is 9.91. The van der Waals surface area contributed by atoms with Crippen LogP contribution in [0, 0.1) is 0 Å². The van der Waals surface area contributed by atoms with Gasteiger partial charge in [0.15, 0.2) is 0 Å². The highest BCUT2D eigenvalue weighted by Crippen LogP contribution is 2.35. The molecule has 2 fully saturated rings. The largest absolute Gasteiger partial charge is 0.298 e. The molecule has 0 atom stereocenters. The Labute approximate surface area is 82.3 Å². The van der Waals surface area contributed by atoms with Crippen molar-refractivity contribution in [1.29, 1.82) is 0 Å². The van der Waals surface area contributed by atoms with Crippen LogP contribution in [0.4, 0.5) is 8.78 Å². The van der Waals surface area contributed by atoms with Gasteiger partial charge in [-0.05, 0) is 12.8 Å². The normalized spacial score (nSPS) is 29.7. The van der Waals surface area contributed by atoms with Gasteiger partial charge < -0.3 is 0 Å². The predicted molar refractivity (Wildman–Crippen MR) is 48.4 cm³/mol. The van der Waals surface area contributed by atoms with Crippen molar-refractivity contribution in [3.05, 3.63) is 0 Å². The van der Waals surface area contributed by atoms with Gasteiger partial charge in [0.2, 0.25) is 5.92 Å². The zero-order valence-corrected chi connectivity index (χ0v) is 8.14. The molecular weight excluding hydrogens is 188 g/mol. The van der Waals surface area contributed by atoms with Crippen LogP contribution in [0.2, 0.25) is 0 Å². The van der Waals surface area contributed by atoms with E-state index in [2.05, 4.69) is 4.90 Å². The summed E-state index contributed by atoms with van der Waals surface area (Å²) in [6, 6.07) is 0.223. The Kier molecular flexibility index (Phi) is 2.56. The number of carbonyl (C=O) groups is 1. The molecule has 1 saturated heterocycles. The SMILES string of the molecule is O=C1CCN(C2CCC(F)(F)CC2)C1. The number of nitrogens with zero attached hydrogens (tertiary/aromatic N) is 1. The Hall–Kier alpha value is -0.510. The molecule has 4 heteroatoms. The number of carbonyl (C=O) groups excluding carboxylic acids is 1. The van der Waals surface area contributed by atoms with Gasteiger partial charge in [0.25, 0.3) is 0 Å². The molecule has 0 aromatic heterocycles. The Balaban J connectivity index is 1.86. The summed E-state index contributed by atoms with van der Waals surface area (Å²) in [6.45, 7) is 1.26. The lowest BCUT2D eigenvalue weighted by Gasteiger charge is -2.33. The van der Waals surface area contributed by atoms with Crippen LogP contribution in [0.1, 0.15) is 32.1 Å². The Bertz CT molecular complexity index is 232. The van der Waals surface area contributed by atoms with E-state index in [9.17, 15) is 13.6 Å². The average molecular weight is 203 g/mol. The van der Waals surface area contributed by atoms with Gasteiger partial charge in [0.1, 0.15) is 5.78 Å². The number of alkyl halides is 2. The van der Waals surface area contributed by atoms with E-state index in [-0.39, 0.29) is 24.7 Å². The molecular formula is C10H15F2NO. The van der Waals surface area contributed by atoms with Crippen LogP contribution >= 0.6 is 0 Å². The van der Waals surface area contributed by atoms with Gasteiger partial charge in [-0.3, -0.25) is 9.69 Å². The van der Waals surface area contributed by atoms with Crippen molar-refractivity contribution in [2.45, 2.75) is 44.1 Å². The minimum absolute atomic E-state index is 0.0116. The van der Waals surface area contributed by atoms with Gasteiger partial charge in [-0.1, -0.05) is 0 Å². The summed E-state index contributed by atoms with van der Waals surface area (Å²) in [5.74, 6) is -2.21. The fourth-order valence-electron chi connectivity index (χ4n) is 2.35. The van der Waals surface area contributed by atoms with Gasteiger partial charge in [0.05, 0.1) is 6.54 Å². The van der Waals surface area contributed by atoms with E-state index in [1.807, 2.05) is 0 Å². The second-order valence-corrected chi connectivity index (χ2v) is 4.35. The maximum atomic E-state index is 12.9. The zero-order chi connectivity index (χ0) is 10.2. The van der Waals surface area contributed by atoms with Gasteiger partial charge in [-0.15, -0.1) is 0 Å². The summed E-state index contributed by atoms with van der Waals surface area (Å²) in [7, 11) is 0. The van der Waals surface area contributed by atoms with E-state index in [1.54, 1.807) is 0 Å². The molecule has 1 heterocycles. The topological polar surface area (TPSA) is 20.3 Å². The molecule has 80 valence electrons. The second kappa shape index (κ2) is 3.57. The molecule has 0 bridgehead atoms. The highest BCUT2D eigenvalue weighted by Gasteiger charge is 2.38. The lowest BCUT2D eigenvalue weighted by molar-refractivity contribution is -0.117. The average Bonchev–Trinajstić information content (AvgIpc) is 2.52. The van der Waals surface area contributed by atoms with Crippen molar-refractivity contribution >= 4 is 5.78 Å². The molecule has 1 aliphatic carbocycles. The summed E-state index contributed by atoms with van der Waals surface area (Å²) in [4.78, 5) is 13.1. The van der Waals surface area contributed by atoms with E-state index >= 15 is 0 Å². The first kappa shape index (κ1) is 10.0. The van der Waals surface area contributed by atoms with Crippen molar-refractivity contribution in [3.63, 3.8) is 0 Å². The summed E-state index contributed by atoms with van der Waals surface area (Å²) < 4.78 is 25.7. The first-order valence-electron chi connectivity index (χ1n) is 5.20. The van der Waals surface area contributed by atoms with Crippen LogP contribution in [-0.4, -0.2) is 35.7 Å². The molecule has 2 rings (SSSR count). The van der Waals surface area contributed by atoms with Crippen LogP contribution in [0.3, 0.4) is 0 Å².